The van der Waals surface area contributed by atoms with E-state index in [1.165, 1.54) is 6.07 Å². The van der Waals surface area contributed by atoms with Crippen molar-refractivity contribution in [2.24, 2.45) is 0 Å². The third kappa shape index (κ3) is 1.77. The highest BCUT2D eigenvalue weighted by Gasteiger charge is 2.24. The molecule has 3 aromatic rings. The fraction of sp³-hybridized carbons (Fsp3) is 0. The molecule has 102 valence electrons. The molecule has 8 heteroatoms. The molecule has 0 saturated carbocycles. The average Bonchev–Trinajstić information content (AvgIpc) is 2.78. The smallest absolute Gasteiger partial charge is 0.286 e. The van der Waals surface area contributed by atoms with Crippen LogP contribution in [0.1, 0.15) is 0 Å². The molecule has 7 nitrogen and oxygen atoms in total. The van der Waals surface area contributed by atoms with Crippen molar-refractivity contribution in [1.82, 2.24) is 14.2 Å². The molecule has 0 aliphatic rings. The molecule has 20 heavy (non-hydrogen) atoms. The van der Waals surface area contributed by atoms with Crippen LogP contribution in [-0.4, -0.2) is 22.6 Å². The van der Waals surface area contributed by atoms with Gasteiger partial charge in [0, 0.05) is 5.39 Å². The largest absolute Gasteiger partial charge is 0.367 e. The fourth-order valence-corrected chi connectivity index (χ4v) is 3.40. The minimum atomic E-state index is -3.94. The van der Waals surface area contributed by atoms with E-state index >= 15 is 0 Å². The first-order valence-corrected chi connectivity index (χ1v) is 7.15. The summed E-state index contributed by atoms with van der Waals surface area (Å²) in [7, 11) is -3.94. The second-order valence-corrected chi connectivity index (χ2v) is 5.89. The molecule has 0 bridgehead atoms. The van der Waals surface area contributed by atoms with Gasteiger partial charge in [-0.25, -0.2) is 0 Å². The lowest BCUT2D eigenvalue weighted by molar-refractivity contribution is 0.582. The van der Waals surface area contributed by atoms with Gasteiger partial charge in [0.25, 0.3) is 10.0 Å². The van der Waals surface area contributed by atoms with E-state index in [2.05, 4.69) is 10.1 Å². The van der Waals surface area contributed by atoms with Crippen molar-refractivity contribution in [2.75, 3.05) is 11.5 Å². The van der Waals surface area contributed by atoms with Crippen LogP contribution >= 0.6 is 0 Å². The van der Waals surface area contributed by atoms with Gasteiger partial charge < -0.3 is 11.5 Å². The van der Waals surface area contributed by atoms with E-state index in [-0.39, 0.29) is 16.8 Å². The van der Waals surface area contributed by atoms with Gasteiger partial charge in [-0.05, 0) is 11.5 Å². The molecular formula is C12H11N5O2S. The Morgan fingerprint density at radius 2 is 1.70 bits per heavy atom. The summed E-state index contributed by atoms with van der Waals surface area (Å²) in [6.45, 7) is 0. The third-order valence-electron chi connectivity index (χ3n) is 2.87. The zero-order chi connectivity index (χ0) is 14.3. The Morgan fingerprint density at radius 1 is 1.00 bits per heavy atom. The molecule has 0 aliphatic heterocycles. The molecule has 0 fully saturated rings. The monoisotopic (exact) mass is 289 g/mol. The van der Waals surface area contributed by atoms with Crippen molar-refractivity contribution in [3.8, 4) is 0 Å². The molecular weight excluding hydrogens is 278 g/mol. The number of benzene rings is 2. The molecule has 0 amide bonds. The Bertz CT molecular complexity index is 896. The summed E-state index contributed by atoms with van der Waals surface area (Å²) in [5.41, 5.74) is 10.9. The molecule has 0 aliphatic carbocycles. The van der Waals surface area contributed by atoms with Crippen molar-refractivity contribution in [3.05, 3.63) is 42.5 Å². The number of nitrogens with two attached hydrogens (primary N) is 2. The van der Waals surface area contributed by atoms with Gasteiger partial charge in [0.05, 0.1) is 4.90 Å². The van der Waals surface area contributed by atoms with Crippen molar-refractivity contribution < 1.29 is 8.42 Å². The van der Waals surface area contributed by atoms with Crippen LogP contribution in [0.5, 0.6) is 0 Å². The van der Waals surface area contributed by atoms with Gasteiger partial charge in [0.15, 0.2) is 0 Å². The number of anilines is 2. The Labute approximate surface area is 114 Å². The summed E-state index contributed by atoms with van der Waals surface area (Å²) in [6, 6.07) is 12.1. The molecule has 1 aromatic heterocycles. The topological polar surface area (TPSA) is 117 Å². The van der Waals surface area contributed by atoms with Crippen LogP contribution < -0.4 is 11.5 Å². The van der Waals surface area contributed by atoms with E-state index in [4.69, 9.17) is 11.5 Å². The van der Waals surface area contributed by atoms with Crippen LogP contribution in [0.25, 0.3) is 10.8 Å². The number of fused-ring (bicyclic) bond motifs is 1. The molecule has 3 rings (SSSR count). The van der Waals surface area contributed by atoms with Crippen molar-refractivity contribution in [3.63, 3.8) is 0 Å². The van der Waals surface area contributed by atoms with Gasteiger partial charge in [0.1, 0.15) is 0 Å². The first kappa shape index (κ1) is 12.4. The van der Waals surface area contributed by atoms with Gasteiger partial charge in [-0.15, -0.1) is 9.19 Å². The third-order valence-corrected chi connectivity index (χ3v) is 4.51. The van der Waals surface area contributed by atoms with E-state index in [9.17, 15) is 8.42 Å². The first-order valence-electron chi connectivity index (χ1n) is 5.71. The van der Waals surface area contributed by atoms with Crippen molar-refractivity contribution in [2.45, 2.75) is 4.90 Å². The highest BCUT2D eigenvalue weighted by molar-refractivity contribution is 7.90. The molecule has 0 atom stereocenters. The number of aromatic nitrogens is 3. The maximum Gasteiger partial charge on any atom is 0.286 e. The Morgan fingerprint density at radius 3 is 2.40 bits per heavy atom. The summed E-state index contributed by atoms with van der Waals surface area (Å²) in [4.78, 5) is 3.72. The maximum atomic E-state index is 12.6. The van der Waals surface area contributed by atoms with Gasteiger partial charge in [0.2, 0.25) is 11.9 Å². The van der Waals surface area contributed by atoms with Crippen LogP contribution in [0, 0.1) is 0 Å². The highest BCUT2D eigenvalue weighted by atomic mass is 32.2. The SMILES string of the molecule is Nc1nc(N)n(S(=O)(=O)c2cccc3ccccc23)n1. The molecule has 4 N–H and O–H groups in total. The fourth-order valence-electron chi connectivity index (χ4n) is 2.02. The predicted octanol–water partition coefficient (Wildman–Crippen LogP) is 0.833. The first-order chi connectivity index (χ1) is 9.50. The molecule has 2 aromatic carbocycles. The molecule has 1 heterocycles. The Kier molecular flexibility index (Phi) is 2.61. The Balaban J connectivity index is 2.32. The summed E-state index contributed by atoms with van der Waals surface area (Å²) >= 11 is 0. The quantitative estimate of drug-likeness (QED) is 0.721. The predicted molar refractivity (Wildman–Crippen MR) is 75.4 cm³/mol. The minimum Gasteiger partial charge on any atom is -0.367 e. The lowest BCUT2D eigenvalue weighted by Crippen LogP contribution is -2.17. The number of nitrogen functional groups attached to an aromatic ring is 2. The number of hydrogen-bond donors (Lipinski definition) is 2. The second-order valence-electron chi connectivity index (χ2n) is 4.15. The van der Waals surface area contributed by atoms with Gasteiger partial charge in [-0.2, -0.15) is 13.4 Å². The van der Waals surface area contributed by atoms with Crippen LogP contribution in [0.2, 0.25) is 0 Å². The van der Waals surface area contributed by atoms with E-state index in [0.29, 0.717) is 9.47 Å². The molecule has 0 spiro atoms. The van der Waals surface area contributed by atoms with Crippen molar-refractivity contribution >= 4 is 32.7 Å². The lowest BCUT2D eigenvalue weighted by Gasteiger charge is -2.08. The van der Waals surface area contributed by atoms with E-state index in [1.807, 2.05) is 18.2 Å². The van der Waals surface area contributed by atoms with Gasteiger partial charge in [-0.1, -0.05) is 36.4 Å². The van der Waals surface area contributed by atoms with Crippen LogP contribution in [-0.2, 0) is 10.0 Å². The Hall–Kier alpha value is -2.61. The molecule has 0 unspecified atom stereocenters. The van der Waals surface area contributed by atoms with Crippen LogP contribution in [0.4, 0.5) is 11.9 Å². The summed E-state index contributed by atoms with van der Waals surface area (Å²) in [6.07, 6.45) is 0. The van der Waals surface area contributed by atoms with Crippen LogP contribution in [0.3, 0.4) is 0 Å². The van der Waals surface area contributed by atoms with E-state index in [0.717, 1.165) is 5.39 Å². The number of nitrogens with zero attached hydrogens (tertiary/aromatic N) is 3. The van der Waals surface area contributed by atoms with Crippen molar-refractivity contribution in [1.29, 1.82) is 0 Å². The standard InChI is InChI=1S/C12H11N5O2S/c13-11-15-12(14)17(16-11)20(18,19)10-7-3-5-8-4-1-2-6-9(8)10/h1-7H,(H4,13,14,15,16). The zero-order valence-corrected chi connectivity index (χ0v) is 11.1. The van der Waals surface area contributed by atoms with E-state index < -0.39 is 10.0 Å². The minimum absolute atomic E-state index is 0.104. The summed E-state index contributed by atoms with van der Waals surface area (Å²) in [5, 5.41) is 5.03. The average molecular weight is 289 g/mol. The molecule has 0 radical (unpaired) electrons. The highest BCUT2D eigenvalue weighted by Crippen LogP contribution is 2.25. The maximum absolute atomic E-state index is 12.6. The summed E-state index contributed by atoms with van der Waals surface area (Å²) < 4.78 is 25.9. The van der Waals surface area contributed by atoms with E-state index in [1.54, 1.807) is 18.2 Å². The molecule has 0 saturated heterocycles. The lowest BCUT2D eigenvalue weighted by atomic mass is 10.1. The summed E-state index contributed by atoms with van der Waals surface area (Å²) in [5.74, 6) is -0.457. The zero-order valence-electron chi connectivity index (χ0n) is 10.3. The van der Waals surface area contributed by atoms with Gasteiger partial charge in [-0.3, -0.25) is 0 Å². The number of rotatable bonds is 2. The number of hydrogen-bond acceptors (Lipinski definition) is 6. The second kappa shape index (κ2) is 4.20. The van der Waals surface area contributed by atoms with Gasteiger partial charge >= 0.3 is 0 Å². The van der Waals surface area contributed by atoms with Crippen LogP contribution in [0.15, 0.2) is 47.4 Å². The normalized spacial score (nSPS) is 11.8.